The molecule has 0 spiro atoms. The normalized spacial score (nSPS) is 11.5. The molecule has 0 aliphatic carbocycles. The zero-order chi connectivity index (χ0) is 42.6. The Morgan fingerprint density at radius 3 is 2.21 bits per heavy atom. The number of hydrogen-bond donors (Lipinski definition) is 3. The number of nitrogens with one attached hydrogen (secondary N) is 2. The smallest absolute Gasteiger partial charge is 0.292 e. The maximum absolute atomic E-state index is 11.0. The summed E-state index contributed by atoms with van der Waals surface area (Å²) in [5.41, 5.74) is 18.4. The number of nitro groups is 1. The number of H-pyrrole nitrogens is 2. The van der Waals surface area contributed by atoms with E-state index in [0.717, 1.165) is 79.1 Å². The lowest BCUT2D eigenvalue weighted by atomic mass is 10.0. The molecule has 0 amide bonds. The van der Waals surface area contributed by atoms with E-state index in [9.17, 15) is 10.1 Å². The molecule has 306 valence electrons. The Balaban J connectivity index is 0.000000158. The van der Waals surface area contributed by atoms with Gasteiger partial charge < -0.3 is 30.0 Å². The lowest BCUT2D eigenvalue weighted by molar-refractivity contribution is -0.383. The van der Waals surface area contributed by atoms with Crippen LogP contribution in [-0.4, -0.2) is 63.0 Å². The fourth-order valence-corrected chi connectivity index (χ4v) is 7.00. The van der Waals surface area contributed by atoms with E-state index < -0.39 is 4.92 Å². The third-order valence-electron chi connectivity index (χ3n) is 10.1. The number of aromatic amines is 2. The second-order valence-corrected chi connectivity index (χ2v) is 14.4. The minimum absolute atomic E-state index is 0.117. The number of nitro benzene ring substituents is 1. The van der Waals surface area contributed by atoms with Gasteiger partial charge in [-0.1, -0.05) is 36.9 Å². The molecule has 61 heavy (non-hydrogen) atoms. The summed E-state index contributed by atoms with van der Waals surface area (Å²) >= 11 is 0. The van der Waals surface area contributed by atoms with Gasteiger partial charge in [-0.15, -0.1) is 4.98 Å². The van der Waals surface area contributed by atoms with Gasteiger partial charge in [0.1, 0.15) is 17.7 Å². The van der Waals surface area contributed by atoms with Crippen LogP contribution in [0.3, 0.4) is 0 Å². The summed E-state index contributed by atoms with van der Waals surface area (Å²) in [7, 11) is 3.44. The minimum Gasteiger partial charge on any atom is -0.393 e. The number of imidazole rings is 1. The van der Waals surface area contributed by atoms with Crippen LogP contribution in [0.4, 0.5) is 22.9 Å². The van der Waals surface area contributed by atoms with Crippen LogP contribution in [0, 0.1) is 16.7 Å². The van der Waals surface area contributed by atoms with Crippen LogP contribution < -0.4 is 5.73 Å². The van der Waals surface area contributed by atoms with E-state index >= 15 is 0 Å². The number of methoxy groups -OCH3 is 2. The number of pyridine rings is 2. The molecular formula is C48H45N9O4. The van der Waals surface area contributed by atoms with Crippen molar-refractivity contribution in [2.45, 2.75) is 32.1 Å². The van der Waals surface area contributed by atoms with Gasteiger partial charge in [0.2, 0.25) is 0 Å². The summed E-state index contributed by atoms with van der Waals surface area (Å²) in [4.78, 5) is 37.9. The molecule has 0 saturated carbocycles. The van der Waals surface area contributed by atoms with Crippen molar-refractivity contribution in [1.82, 2.24) is 24.9 Å². The van der Waals surface area contributed by atoms with Gasteiger partial charge in [0.15, 0.2) is 0 Å². The second-order valence-electron chi connectivity index (χ2n) is 14.4. The number of aryl methyl sites for hydroxylation is 2. The standard InChI is InChI=1S/C25H23N3O.C17H18N4O3.C6H4N2/c1-29-12-4-5-17-7-9-21-19(13-17)15-24(27-21)18-8-10-22-20(14-18)16-25(28-22)23-6-2-3-11-26-23;1-24-8-2-3-11-4-7-14-15(9-11)20-17(19-14)12-5-6-13(18)16(10-12)21(22)23;1-7-6-4-2-3-5-8-6/h2-3,6-11,13-15,27H,4-5,12,16H2,1H3;4-7,9-10H,2-3,8,18H2,1H3,(H,19,20);2-5H. The molecule has 0 unspecified atom stereocenters. The Kier molecular flexibility index (Phi) is 13.6. The number of nitrogens with two attached hydrogens (primary N) is 1. The first-order valence-electron chi connectivity index (χ1n) is 19.8. The average Bonchev–Trinajstić information content (AvgIpc) is 4.04. The molecular weight excluding hydrogens is 767 g/mol. The van der Waals surface area contributed by atoms with Gasteiger partial charge in [-0.05, 0) is 127 Å². The van der Waals surface area contributed by atoms with Crippen molar-refractivity contribution in [2.24, 2.45) is 4.99 Å². The number of aromatic nitrogens is 5. The van der Waals surface area contributed by atoms with Crippen LogP contribution in [0.5, 0.6) is 0 Å². The third kappa shape index (κ3) is 10.6. The van der Waals surface area contributed by atoms with Crippen LogP contribution >= 0.6 is 0 Å². The monoisotopic (exact) mass is 811 g/mol. The molecule has 1 aliphatic heterocycles. The number of anilines is 1. The topological polar surface area (TPSA) is 175 Å². The number of hydrogen-bond acceptors (Lipinski definition) is 9. The Morgan fingerprint density at radius 1 is 0.787 bits per heavy atom. The quantitative estimate of drug-likeness (QED) is 0.0359. The van der Waals surface area contributed by atoms with Crippen molar-refractivity contribution in [3.63, 3.8) is 0 Å². The number of aliphatic imine (C=N–C) groups is 1. The lowest BCUT2D eigenvalue weighted by Gasteiger charge is -2.02. The molecule has 0 saturated heterocycles. The summed E-state index contributed by atoms with van der Waals surface area (Å²) in [5, 5.41) is 12.3. The Bertz CT molecular complexity index is 2830. The first-order chi connectivity index (χ1) is 29.8. The molecule has 13 heteroatoms. The van der Waals surface area contributed by atoms with Crippen molar-refractivity contribution >= 4 is 50.5 Å². The Morgan fingerprint density at radius 2 is 1.52 bits per heavy atom. The number of rotatable bonds is 12. The molecule has 13 nitrogen and oxygen atoms in total. The Labute approximate surface area is 353 Å². The number of nitrogen functional groups attached to an aromatic ring is 1. The van der Waals surface area contributed by atoms with Gasteiger partial charge in [-0.3, -0.25) is 20.1 Å². The van der Waals surface area contributed by atoms with Crippen LogP contribution in [-0.2, 0) is 28.7 Å². The van der Waals surface area contributed by atoms with Crippen LogP contribution in [0.1, 0.15) is 35.2 Å². The van der Waals surface area contributed by atoms with Crippen molar-refractivity contribution in [3.8, 4) is 22.6 Å². The van der Waals surface area contributed by atoms with Crippen LogP contribution in [0.2, 0.25) is 0 Å². The second kappa shape index (κ2) is 20.0. The Hall–Kier alpha value is -7.53. The number of fused-ring (bicyclic) bond motifs is 3. The predicted octanol–water partition coefficient (Wildman–Crippen LogP) is 10.4. The minimum atomic E-state index is -0.491. The number of nitrogens with zero attached hydrogens (tertiary/aromatic N) is 6. The van der Waals surface area contributed by atoms with Gasteiger partial charge in [-0.25, -0.2) is 4.98 Å². The molecule has 0 atom stereocenters. The highest BCUT2D eigenvalue weighted by Gasteiger charge is 2.18. The molecule has 4 aromatic carbocycles. The van der Waals surface area contributed by atoms with E-state index in [0.29, 0.717) is 17.2 Å². The summed E-state index contributed by atoms with van der Waals surface area (Å²) in [5.74, 6) is 1.04. The van der Waals surface area contributed by atoms with Crippen molar-refractivity contribution < 1.29 is 14.4 Å². The average molecular weight is 812 g/mol. The first-order valence-corrected chi connectivity index (χ1v) is 19.8. The van der Waals surface area contributed by atoms with E-state index in [-0.39, 0.29) is 11.4 Å². The highest BCUT2D eigenvalue weighted by Crippen LogP contribution is 2.34. The number of benzene rings is 4. The van der Waals surface area contributed by atoms with Crippen molar-refractivity contribution in [1.29, 1.82) is 0 Å². The summed E-state index contributed by atoms with van der Waals surface area (Å²) in [6.45, 7) is 8.03. The largest absolute Gasteiger partial charge is 0.393 e. The number of ether oxygens (including phenoxy) is 2. The predicted molar refractivity (Wildman–Crippen MR) is 241 cm³/mol. The van der Waals surface area contributed by atoms with E-state index in [1.807, 2.05) is 42.6 Å². The van der Waals surface area contributed by atoms with E-state index in [2.05, 4.69) is 72.2 Å². The van der Waals surface area contributed by atoms with E-state index in [1.54, 1.807) is 44.7 Å². The molecule has 5 heterocycles. The van der Waals surface area contributed by atoms with Crippen molar-refractivity contribution in [2.75, 3.05) is 33.2 Å². The van der Waals surface area contributed by atoms with Gasteiger partial charge in [-0.2, -0.15) is 0 Å². The molecule has 0 bridgehead atoms. The SMILES string of the molecule is COCCCc1ccc2[nH]c(-c3ccc4c(c3)CC(c3ccccn3)=N4)cc2c1.COCCCc1ccc2nc(-c3ccc(N)c([N+](=O)[O-])c3)[nH]c2c1.[C-]#[N+]c1ccccn1. The lowest BCUT2D eigenvalue weighted by Crippen LogP contribution is -2.02. The molecule has 1 aliphatic rings. The highest BCUT2D eigenvalue weighted by atomic mass is 16.6. The summed E-state index contributed by atoms with van der Waals surface area (Å²) in [6, 6.07) is 37.3. The van der Waals surface area contributed by atoms with Gasteiger partial charge >= 0.3 is 0 Å². The van der Waals surface area contributed by atoms with Crippen LogP contribution in [0.25, 0.3) is 49.4 Å². The molecule has 9 rings (SSSR count). The van der Waals surface area contributed by atoms with Crippen molar-refractivity contribution in [3.05, 3.63) is 172 Å². The fraction of sp³-hybridized carbons (Fsp3) is 0.188. The molecule has 8 aromatic rings. The molecule has 0 fully saturated rings. The maximum atomic E-state index is 11.0. The highest BCUT2D eigenvalue weighted by molar-refractivity contribution is 6.05. The fourth-order valence-electron chi connectivity index (χ4n) is 7.00. The van der Waals surface area contributed by atoms with E-state index in [1.165, 1.54) is 45.3 Å². The van der Waals surface area contributed by atoms with Gasteiger partial charge in [0, 0.05) is 68.3 Å². The summed E-state index contributed by atoms with van der Waals surface area (Å²) in [6.07, 6.45) is 8.20. The molecule has 0 radical (unpaired) electrons. The summed E-state index contributed by atoms with van der Waals surface area (Å²) < 4.78 is 10.2. The first kappa shape index (κ1) is 41.6. The molecule has 4 N–H and O–H groups in total. The third-order valence-corrected chi connectivity index (χ3v) is 10.1. The zero-order valence-electron chi connectivity index (χ0n) is 34.0. The van der Waals surface area contributed by atoms with Crippen LogP contribution in [0.15, 0.2) is 133 Å². The molecule has 4 aromatic heterocycles. The van der Waals surface area contributed by atoms with E-state index in [4.69, 9.17) is 26.8 Å². The maximum Gasteiger partial charge on any atom is 0.292 e. The zero-order valence-corrected chi connectivity index (χ0v) is 34.0. The van der Waals surface area contributed by atoms with Gasteiger partial charge in [0.25, 0.3) is 11.5 Å². The van der Waals surface area contributed by atoms with Gasteiger partial charge in [0.05, 0.1) is 33.0 Å².